The second-order valence-corrected chi connectivity index (χ2v) is 11.5. The largest absolute Gasteiger partial charge is 0.495 e. The molecular formula is C40H48O8. The van der Waals surface area contributed by atoms with E-state index >= 15 is 0 Å². The average Bonchev–Trinajstić information content (AvgIpc) is 3.12. The van der Waals surface area contributed by atoms with Crippen LogP contribution in [0.1, 0.15) is 75.3 Å². The minimum absolute atomic E-state index is 0.265. The van der Waals surface area contributed by atoms with E-state index in [9.17, 15) is 4.79 Å². The predicted octanol–water partition coefficient (Wildman–Crippen LogP) is 8.97. The van der Waals surface area contributed by atoms with Crippen LogP contribution in [0.3, 0.4) is 0 Å². The van der Waals surface area contributed by atoms with E-state index in [4.69, 9.17) is 32.8 Å². The molecule has 0 bridgehead atoms. The summed E-state index contributed by atoms with van der Waals surface area (Å²) in [7, 11) is 7.68. The molecule has 1 aromatic heterocycles. The SMILES string of the molecule is COc1cc2oc(-c3cc(OC)c(OC)c(OC)c3)cc(=O)c2c(OC)c1C#CCCCCCCCCCCCOCc1ccccc1. The molecule has 0 spiro atoms. The fourth-order valence-electron chi connectivity index (χ4n) is 5.68. The van der Waals surface area contributed by atoms with E-state index < -0.39 is 0 Å². The third kappa shape index (κ3) is 9.71. The van der Waals surface area contributed by atoms with E-state index in [0.29, 0.717) is 63.2 Å². The van der Waals surface area contributed by atoms with Crippen LogP contribution in [0.15, 0.2) is 63.8 Å². The zero-order valence-electron chi connectivity index (χ0n) is 28.9. The first-order valence-corrected chi connectivity index (χ1v) is 16.7. The van der Waals surface area contributed by atoms with Gasteiger partial charge in [-0.05, 0) is 30.5 Å². The minimum Gasteiger partial charge on any atom is -0.495 e. The van der Waals surface area contributed by atoms with Gasteiger partial charge in [0.2, 0.25) is 5.75 Å². The third-order valence-corrected chi connectivity index (χ3v) is 8.23. The summed E-state index contributed by atoms with van der Waals surface area (Å²) in [5.41, 5.74) is 2.41. The molecule has 48 heavy (non-hydrogen) atoms. The molecule has 4 aromatic rings. The van der Waals surface area contributed by atoms with Crippen molar-refractivity contribution in [1.82, 2.24) is 0 Å². The lowest BCUT2D eigenvalue weighted by Gasteiger charge is -2.15. The lowest BCUT2D eigenvalue weighted by Crippen LogP contribution is -2.05. The molecule has 0 amide bonds. The quantitative estimate of drug-likeness (QED) is 0.0731. The second kappa shape index (κ2) is 19.3. The molecule has 0 atom stereocenters. The lowest BCUT2D eigenvalue weighted by atomic mass is 10.0. The molecule has 1 heterocycles. The van der Waals surface area contributed by atoms with Crippen LogP contribution in [0.25, 0.3) is 22.3 Å². The Morgan fingerprint density at radius 2 is 1.25 bits per heavy atom. The second-order valence-electron chi connectivity index (χ2n) is 11.5. The Balaban J connectivity index is 1.28. The highest BCUT2D eigenvalue weighted by Gasteiger charge is 2.21. The maximum Gasteiger partial charge on any atom is 0.203 e. The van der Waals surface area contributed by atoms with Gasteiger partial charge in [-0.3, -0.25) is 4.79 Å². The lowest BCUT2D eigenvalue weighted by molar-refractivity contribution is 0.116. The third-order valence-electron chi connectivity index (χ3n) is 8.23. The van der Waals surface area contributed by atoms with E-state index in [2.05, 4.69) is 24.0 Å². The van der Waals surface area contributed by atoms with Crippen molar-refractivity contribution in [2.24, 2.45) is 0 Å². The van der Waals surface area contributed by atoms with Crippen molar-refractivity contribution < 1.29 is 32.8 Å². The average molecular weight is 657 g/mol. The molecule has 0 saturated carbocycles. The number of unbranched alkanes of at least 4 members (excludes halogenated alkanes) is 9. The fraction of sp³-hybridized carbons (Fsp3) is 0.425. The van der Waals surface area contributed by atoms with Crippen LogP contribution < -0.4 is 29.1 Å². The van der Waals surface area contributed by atoms with Crippen molar-refractivity contribution in [1.29, 1.82) is 0 Å². The molecule has 0 saturated heterocycles. The van der Waals surface area contributed by atoms with Gasteiger partial charge in [0.05, 0.1) is 42.2 Å². The monoisotopic (exact) mass is 656 g/mol. The molecule has 0 fully saturated rings. The molecule has 0 radical (unpaired) electrons. The predicted molar refractivity (Wildman–Crippen MR) is 190 cm³/mol. The van der Waals surface area contributed by atoms with Crippen molar-refractivity contribution in [2.75, 3.05) is 42.2 Å². The molecule has 256 valence electrons. The Bertz CT molecular complexity index is 1690. The smallest absolute Gasteiger partial charge is 0.203 e. The van der Waals surface area contributed by atoms with Gasteiger partial charge in [0.15, 0.2) is 22.7 Å². The molecular weight excluding hydrogens is 608 g/mol. The summed E-state index contributed by atoms with van der Waals surface area (Å²) in [6.07, 6.45) is 11.5. The highest BCUT2D eigenvalue weighted by molar-refractivity contribution is 5.90. The van der Waals surface area contributed by atoms with Crippen LogP contribution in [0, 0.1) is 11.8 Å². The summed E-state index contributed by atoms with van der Waals surface area (Å²) < 4.78 is 39.7. The Labute approximate surface area is 284 Å². The van der Waals surface area contributed by atoms with E-state index in [1.807, 2.05) is 18.2 Å². The van der Waals surface area contributed by atoms with Gasteiger partial charge in [-0.1, -0.05) is 87.1 Å². The Morgan fingerprint density at radius 1 is 0.646 bits per heavy atom. The zero-order chi connectivity index (χ0) is 34.1. The first-order chi connectivity index (χ1) is 23.5. The summed E-state index contributed by atoms with van der Waals surface area (Å²) >= 11 is 0. The van der Waals surface area contributed by atoms with Crippen LogP contribution in [0.5, 0.6) is 28.7 Å². The molecule has 8 nitrogen and oxygen atoms in total. The Hall–Kier alpha value is -4.61. The van der Waals surface area contributed by atoms with Crippen LogP contribution in [-0.4, -0.2) is 42.2 Å². The molecule has 0 aliphatic heterocycles. The number of hydrogen-bond acceptors (Lipinski definition) is 8. The van der Waals surface area contributed by atoms with Gasteiger partial charge in [-0.15, -0.1) is 0 Å². The van der Waals surface area contributed by atoms with Gasteiger partial charge in [0.25, 0.3) is 0 Å². The summed E-state index contributed by atoms with van der Waals surface area (Å²) in [6, 6.07) is 16.9. The maximum absolute atomic E-state index is 13.5. The Kier molecular flexibility index (Phi) is 14.5. The summed E-state index contributed by atoms with van der Waals surface area (Å²) in [5, 5.41) is 0.304. The molecule has 0 unspecified atom stereocenters. The number of fused-ring (bicyclic) bond motifs is 1. The van der Waals surface area contributed by atoms with Gasteiger partial charge in [0.1, 0.15) is 28.0 Å². The summed E-state index contributed by atoms with van der Waals surface area (Å²) in [4.78, 5) is 13.5. The van der Waals surface area contributed by atoms with Crippen molar-refractivity contribution in [3.8, 4) is 51.9 Å². The van der Waals surface area contributed by atoms with Gasteiger partial charge in [0, 0.05) is 30.7 Å². The molecule has 0 aliphatic carbocycles. The standard InChI is InChI=1S/C40H48O8/c1-42-34-27-35-38(32(41)26-33(48-35)30-24-36(43-2)40(46-5)37(25-30)44-3)39(45-4)31(34)22-18-13-11-9-7-6-8-10-12-14-19-23-47-28-29-20-16-15-17-21-29/h15-17,20-21,24-27H,6-14,19,23,28H2,1-5H3. The first kappa shape index (κ1) is 36.2. The maximum atomic E-state index is 13.5. The molecule has 8 heteroatoms. The number of methoxy groups -OCH3 is 5. The fourth-order valence-corrected chi connectivity index (χ4v) is 5.68. The topological polar surface area (TPSA) is 85.6 Å². The van der Waals surface area contributed by atoms with Gasteiger partial charge >= 0.3 is 0 Å². The van der Waals surface area contributed by atoms with Crippen LogP contribution in [0.2, 0.25) is 0 Å². The molecule has 0 aliphatic rings. The van der Waals surface area contributed by atoms with Crippen LogP contribution in [0.4, 0.5) is 0 Å². The zero-order valence-corrected chi connectivity index (χ0v) is 28.9. The van der Waals surface area contributed by atoms with E-state index in [0.717, 1.165) is 32.3 Å². The number of hydrogen-bond donors (Lipinski definition) is 0. The molecule has 3 aromatic carbocycles. The van der Waals surface area contributed by atoms with E-state index in [1.165, 1.54) is 78.6 Å². The van der Waals surface area contributed by atoms with Crippen molar-refractivity contribution in [3.63, 3.8) is 0 Å². The van der Waals surface area contributed by atoms with Crippen molar-refractivity contribution in [2.45, 2.75) is 70.8 Å². The highest BCUT2D eigenvalue weighted by atomic mass is 16.5. The van der Waals surface area contributed by atoms with Crippen molar-refractivity contribution >= 4 is 11.0 Å². The van der Waals surface area contributed by atoms with Gasteiger partial charge < -0.3 is 32.8 Å². The Morgan fingerprint density at radius 3 is 1.85 bits per heavy atom. The van der Waals surface area contributed by atoms with Crippen LogP contribution >= 0.6 is 0 Å². The molecule has 4 rings (SSSR count). The van der Waals surface area contributed by atoms with Crippen LogP contribution in [-0.2, 0) is 11.3 Å². The highest BCUT2D eigenvalue weighted by Crippen LogP contribution is 2.42. The first-order valence-electron chi connectivity index (χ1n) is 16.7. The number of rotatable bonds is 19. The molecule has 0 N–H and O–H groups in total. The van der Waals surface area contributed by atoms with E-state index in [-0.39, 0.29) is 5.43 Å². The summed E-state index contributed by atoms with van der Waals surface area (Å²) in [6.45, 7) is 1.53. The van der Waals surface area contributed by atoms with Gasteiger partial charge in [-0.25, -0.2) is 0 Å². The number of ether oxygens (including phenoxy) is 6. The summed E-state index contributed by atoms with van der Waals surface area (Å²) in [5.74, 6) is 8.95. The number of benzene rings is 3. The van der Waals surface area contributed by atoms with E-state index in [1.54, 1.807) is 25.3 Å². The van der Waals surface area contributed by atoms with Gasteiger partial charge in [-0.2, -0.15) is 0 Å². The normalized spacial score (nSPS) is 10.8. The minimum atomic E-state index is -0.265. The van der Waals surface area contributed by atoms with Crippen molar-refractivity contribution in [3.05, 3.63) is 75.9 Å².